The number of carbonyl (C=O) groups is 1. The van der Waals surface area contributed by atoms with Crippen LogP contribution in [0.3, 0.4) is 0 Å². The number of carbonyl (C=O) groups excluding carboxylic acids is 1. The molecule has 2 heterocycles. The molecule has 3 rings (SSSR count). The van der Waals surface area contributed by atoms with E-state index in [0.717, 1.165) is 10.9 Å². The van der Waals surface area contributed by atoms with Gasteiger partial charge in [-0.2, -0.15) is 13.2 Å². The number of halogens is 4. The van der Waals surface area contributed by atoms with Gasteiger partial charge in [-0.25, -0.2) is 9.37 Å². The van der Waals surface area contributed by atoms with E-state index in [4.69, 9.17) is 0 Å². The molecule has 0 aliphatic carbocycles. The van der Waals surface area contributed by atoms with E-state index >= 15 is 0 Å². The van der Waals surface area contributed by atoms with Crippen molar-refractivity contribution in [1.29, 1.82) is 0 Å². The molecule has 0 saturated carbocycles. The zero-order valence-corrected chi connectivity index (χ0v) is 16.6. The van der Waals surface area contributed by atoms with E-state index in [-0.39, 0.29) is 23.5 Å². The van der Waals surface area contributed by atoms with Crippen molar-refractivity contribution in [3.05, 3.63) is 67.8 Å². The Kier molecular flexibility index (Phi) is 5.88. The van der Waals surface area contributed by atoms with Crippen LogP contribution in [0.2, 0.25) is 0 Å². The van der Waals surface area contributed by atoms with Crippen LogP contribution in [0.25, 0.3) is 4.96 Å². The van der Waals surface area contributed by atoms with Crippen molar-refractivity contribution < 1.29 is 22.4 Å². The lowest BCUT2D eigenvalue weighted by Crippen LogP contribution is -2.18. The van der Waals surface area contributed by atoms with Gasteiger partial charge in [0.15, 0.2) is 4.96 Å². The van der Waals surface area contributed by atoms with Gasteiger partial charge in [0.2, 0.25) is 0 Å². The summed E-state index contributed by atoms with van der Waals surface area (Å²) in [7, 11) is 0. The average Bonchev–Trinajstić information content (AvgIpc) is 2.96. The van der Waals surface area contributed by atoms with E-state index in [1.165, 1.54) is 27.9 Å². The summed E-state index contributed by atoms with van der Waals surface area (Å²) in [6, 6.07) is 4.25. The molecule has 4 nitrogen and oxygen atoms in total. The number of thiazole rings is 1. The monoisotopic (exact) mass is 426 g/mol. The highest BCUT2D eigenvalue weighted by Gasteiger charge is 2.34. The van der Waals surface area contributed by atoms with Gasteiger partial charge in [0, 0.05) is 35.9 Å². The Hall–Kier alpha value is -2.55. The molecule has 0 spiro atoms. The van der Waals surface area contributed by atoms with Crippen LogP contribution in [-0.2, 0) is 23.8 Å². The summed E-state index contributed by atoms with van der Waals surface area (Å²) in [4.78, 5) is 29.8. The number of Topliss-reactive ketones (excluding diaryl/α,β-unsaturated/α-hetero) is 1. The van der Waals surface area contributed by atoms with Crippen LogP contribution in [0.1, 0.15) is 47.2 Å². The predicted octanol–water partition coefficient (Wildman–Crippen LogP) is 4.72. The van der Waals surface area contributed by atoms with Gasteiger partial charge in [-0.05, 0) is 25.0 Å². The molecule has 0 aliphatic rings. The van der Waals surface area contributed by atoms with E-state index in [1.54, 1.807) is 6.92 Å². The van der Waals surface area contributed by atoms with Crippen LogP contribution in [0.15, 0.2) is 29.1 Å². The summed E-state index contributed by atoms with van der Waals surface area (Å²) in [6.45, 7) is 3.59. The summed E-state index contributed by atoms with van der Waals surface area (Å²) in [6.07, 6.45) is -3.90. The predicted molar refractivity (Wildman–Crippen MR) is 102 cm³/mol. The molecule has 0 saturated heterocycles. The minimum absolute atomic E-state index is 0.0846. The first-order chi connectivity index (χ1) is 13.6. The molecule has 0 amide bonds. The van der Waals surface area contributed by atoms with Gasteiger partial charge >= 0.3 is 6.18 Å². The molecule has 9 heteroatoms. The van der Waals surface area contributed by atoms with Crippen LogP contribution >= 0.6 is 11.3 Å². The molecule has 0 aliphatic heterocycles. The second-order valence-corrected chi connectivity index (χ2v) is 7.84. The fourth-order valence-electron chi connectivity index (χ4n) is 3.12. The third kappa shape index (κ3) is 4.39. The molecule has 0 fully saturated rings. The van der Waals surface area contributed by atoms with Crippen molar-refractivity contribution in [2.45, 2.75) is 45.7 Å². The van der Waals surface area contributed by atoms with Gasteiger partial charge in [0.1, 0.15) is 11.6 Å². The second-order valence-electron chi connectivity index (χ2n) is 6.65. The zero-order chi connectivity index (χ0) is 21.3. The fourth-order valence-corrected chi connectivity index (χ4v) is 4.16. The number of nitrogens with zero attached hydrogens (tertiary/aromatic N) is 2. The van der Waals surface area contributed by atoms with Crippen molar-refractivity contribution in [2.24, 2.45) is 0 Å². The summed E-state index contributed by atoms with van der Waals surface area (Å²) in [5.41, 5.74) is -1.05. The first-order valence-electron chi connectivity index (χ1n) is 8.99. The van der Waals surface area contributed by atoms with Crippen molar-refractivity contribution >= 4 is 22.1 Å². The highest BCUT2D eigenvalue weighted by Crippen LogP contribution is 2.33. The number of aromatic nitrogens is 2. The van der Waals surface area contributed by atoms with Gasteiger partial charge in [0.05, 0.1) is 11.3 Å². The van der Waals surface area contributed by atoms with Gasteiger partial charge in [-0.15, -0.1) is 11.3 Å². The first kappa shape index (κ1) is 21.2. The third-order valence-corrected chi connectivity index (χ3v) is 5.65. The molecule has 3 aromatic rings. The standard InChI is InChI=1S/C20H18F4N2O2S/c1-3-14(27)7-8-16-11(2)29-19-25-13(10-17(28)26(16)19)9-12-5-4-6-15(18(12)21)20(22,23)24/h4-6,10H,3,7-9H2,1-2H3. The fraction of sp³-hybridized carbons (Fsp3) is 0.350. The van der Waals surface area contributed by atoms with Crippen LogP contribution < -0.4 is 5.56 Å². The maximum atomic E-state index is 14.3. The second kappa shape index (κ2) is 8.06. The number of ketones is 1. The quantitative estimate of drug-likeness (QED) is 0.536. The third-order valence-electron chi connectivity index (χ3n) is 4.65. The normalized spacial score (nSPS) is 11.9. The van der Waals surface area contributed by atoms with Crippen LogP contribution in [-0.4, -0.2) is 15.2 Å². The van der Waals surface area contributed by atoms with E-state index in [0.29, 0.717) is 36.0 Å². The number of hydrogen-bond donors (Lipinski definition) is 0. The molecule has 0 radical (unpaired) electrons. The topological polar surface area (TPSA) is 51.4 Å². The molecular formula is C20H18F4N2O2S. The molecule has 2 aromatic heterocycles. The van der Waals surface area contributed by atoms with Gasteiger partial charge in [-0.1, -0.05) is 19.1 Å². The van der Waals surface area contributed by atoms with Crippen molar-refractivity contribution in [2.75, 3.05) is 0 Å². The van der Waals surface area contributed by atoms with Gasteiger partial charge in [0.25, 0.3) is 5.56 Å². The van der Waals surface area contributed by atoms with Crippen LogP contribution in [0.5, 0.6) is 0 Å². The van der Waals surface area contributed by atoms with Gasteiger partial charge < -0.3 is 0 Å². The Morgan fingerprint density at radius 3 is 2.66 bits per heavy atom. The van der Waals surface area contributed by atoms with Crippen LogP contribution in [0, 0.1) is 12.7 Å². The number of fused-ring (bicyclic) bond motifs is 1. The molecule has 29 heavy (non-hydrogen) atoms. The van der Waals surface area contributed by atoms with Gasteiger partial charge in [-0.3, -0.25) is 14.0 Å². The SMILES string of the molecule is CCC(=O)CCc1c(C)sc2nc(Cc3cccc(C(F)(F)F)c3F)cc(=O)n12. The lowest BCUT2D eigenvalue weighted by molar-refractivity contribution is -0.140. The largest absolute Gasteiger partial charge is 0.419 e. The minimum atomic E-state index is -4.80. The molecule has 0 atom stereocenters. The van der Waals surface area contributed by atoms with E-state index in [9.17, 15) is 27.2 Å². The lowest BCUT2D eigenvalue weighted by atomic mass is 10.0. The highest BCUT2D eigenvalue weighted by molar-refractivity contribution is 7.17. The average molecular weight is 426 g/mol. The molecule has 154 valence electrons. The smallest absolute Gasteiger partial charge is 0.300 e. The Morgan fingerprint density at radius 2 is 2.00 bits per heavy atom. The number of aryl methyl sites for hydroxylation is 2. The Labute approximate surface area is 167 Å². The summed E-state index contributed by atoms with van der Waals surface area (Å²) >= 11 is 1.26. The lowest BCUT2D eigenvalue weighted by Gasteiger charge is -2.11. The molecule has 0 unspecified atom stereocenters. The minimum Gasteiger partial charge on any atom is -0.300 e. The van der Waals surface area contributed by atoms with E-state index in [1.807, 2.05) is 6.92 Å². The maximum Gasteiger partial charge on any atom is 0.419 e. The maximum absolute atomic E-state index is 14.3. The van der Waals surface area contributed by atoms with Crippen molar-refractivity contribution in [1.82, 2.24) is 9.38 Å². The highest BCUT2D eigenvalue weighted by atomic mass is 32.1. The summed E-state index contributed by atoms with van der Waals surface area (Å²) < 4.78 is 54.4. The van der Waals surface area contributed by atoms with E-state index in [2.05, 4.69) is 4.98 Å². The number of rotatable bonds is 6. The Balaban J connectivity index is 1.97. The number of alkyl halides is 3. The molecule has 0 N–H and O–H groups in total. The summed E-state index contributed by atoms with van der Waals surface area (Å²) in [5.74, 6) is -1.27. The molecule has 1 aromatic carbocycles. The molecule has 0 bridgehead atoms. The van der Waals surface area contributed by atoms with Crippen molar-refractivity contribution in [3.63, 3.8) is 0 Å². The molecular weight excluding hydrogens is 408 g/mol. The Morgan fingerprint density at radius 1 is 1.28 bits per heavy atom. The first-order valence-corrected chi connectivity index (χ1v) is 9.80. The van der Waals surface area contributed by atoms with Crippen LogP contribution in [0.4, 0.5) is 17.6 Å². The summed E-state index contributed by atoms with van der Waals surface area (Å²) in [5, 5.41) is 0. The number of hydrogen-bond acceptors (Lipinski definition) is 4. The zero-order valence-electron chi connectivity index (χ0n) is 15.8. The van der Waals surface area contributed by atoms with E-state index < -0.39 is 23.1 Å². The van der Waals surface area contributed by atoms with Crippen molar-refractivity contribution in [3.8, 4) is 0 Å². The Bertz CT molecular complexity index is 1130. The number of benzene rings is 1.